The SMILES string of the molecule is O=C(NOCc1cscn1)N(O)Cc1ccccc1-c1ccc(Cl)cc1. The van der Waals surface area contributed by atoms with Crippen LogP contribution in [0.3, 0.4) is 0 Å². The number of carbonyl (C=O) groups excluding carboxylic acids is 1. The van der Waals surface area contributed by atoms with Crippen molar-refractivity contribution in [3.05, 3.63) is 75.7 Å². The highest BCUT2D eigenvalue weighted by Crippen LogP contribution is 2.26. The summed E-state index contributed by atoms with van der Waals surface area (Å²) in [7, 11) is 0. The second kappa shape index (κ2) is 8.77. The van der Waals surface area contributed by atoms with E-state index in [0.717, 1.165) is 16.7 Å². The highest BCUT2D eigenvalue weighted by Gasteiger charge is 2.14. The van der Waals surface area contributed by atoms with Gasteiger partial charge in [-0.15, -0.1) is 11.3 Å². The molecule has 0 radical (unpaired) electrons. The van der Waals surface area contributed by atoms with Crippen LogP contribution in [0.2, 0.25) is 5.02 Å². The molecule has 0 aliphatic rings. The number of rotatable bonds is 6. The largest absolute Gasteiger partial charge is 0.365 e. The molecule has 0 saturated carbocycles. The fourth-order valence-electron chi connectivity index (χ4n) is 2.34. The van der Waals surface area contributed by atoms with Crippen LogP contribution in [-0.2, 0) is 18.0 Å². The first-order chi connectivity index (χ1) is 12.6. The van der Waals surface area contributed by atoms with Gasteiger partial charge in [0.15, 0.2) is 0 Å². The molecule has 3 rings (SSSR count). The van der Waals surface area contributed by atoms with E-state index in [4.69, 9.17) is 16.4 Å². The van der Waals surface area contributed by atoms with Gasteiger partial charge in [-0.1, -0.05) is 48.0 Å². The zero-order valence-corrected chi connectivity index (χ0v) is 15.2. The van der Waals surface area contributed by atoms with Gasteiger partial charge in [-0.25, -0.2) is 15.3 Å². The van der Waals surface area contributed by atoms with Crippen LogP contribution in [-0.4, -0.2) is 21.3 Å². The summed E-state index contributed by atoms with van der Waals surface area (Å²) >= 11 is 7.37. The topological polar surface area (TPSA) is 74.7 Å². The predicted molar refractivity (Wildman–Crippen MR) is 99.7 cm³/mol. The van der Waals surface area contributed by atoms with Crippen LogP contribution in [0.25, 0.3) is 11.1 Å². The number of nitrogens with zero attached hydrogens (tertiary/aromatic N) is 2. The average molecular weight is 390 g/mol. The molecule has 2 aromatic carbocycles. The average Bonchev–Trinajstić information content (AvgIpc) is 3.16. The van der Waals surface area contributed by atoms with Crippen LogP contribution in [0.15, 0.2) is 59.4 Å². The molecule has 0 unspecified atom stereocenters. The van der Waals surface area contributed by atoms with Crippen LogP contribution < -0.4 is 5.48 Å². The van der Waals surface area contributed by atoms with E-state index < -0.39 is 6.03 Å². The van der Waals surface area contributed by atoms with E-state index in [2.05, 4.69) is 10.5 Å². The first-order valence-corrected chi connectivity index (χ1v) is 9.04. The Morgan fingerprint density at radius 3 is 2.73 bits per heavy atom. The van der Waals surface area contributed by atoms with Crippen LogP contribution in [0, 0.1) is 0 Å². The van der Waals surface area contributed by atoms with Gasteiger partial charge in [0, 0.05) is 10.4 Å². The van der Waals surface area contributed by atoms with Gasteiger partial charge in [0.25, 0.3) is 0 Å². The van der Waals surface area contributed by atoms with Gasteiger partial charge in [-0.3, -0.25) is 10.0 Å². The Morgan fingerprint density at radius 1 is 1.23 bits per heavy atom. The lowest BCUT2D eigenvalue weighted by Gasteiger charge is -2.17. The summed E-state index contributed by atoms with van der Waals surface area (Å²) in [5.74, 6) is 0. The number of hydrogen-bond acceptors (Lipinski definition) is 5. The van der Waals surface area contributed by atoms with Crippen LogP contribution in [0.1, 0.15) is 11.3 Å². The van der Waals surface area contributed by atoms with Gasteiger partial charge in [-0.2, -0.15) is 5.06 Å². The third-order valence-corrected chi connectivity index (χ3v) is 4.48. The highest BCUT2D eigenvalue weighted by molar-refractivity contribution is 7.07. The third kappa shape index (κ3) is 4.80. The molecule has 1 aromatic heterocycles. The van der Waals surface area contributed by atoms with Gasteiger partial charge < -0.3 is 0 Å². The minimum atomic E-state index is -0.758. The lowest BCUT2D eigenvalue weighted by Crippen LogP contribution is -2.37. The monoisotopic (exact) mass is 389 g/mol. The molecule has 2 amide bonds. The van der Waals surface area contributed by atoms with Crippen LogP contribution in [0.5, 0.6) is 0 Å². The fourth-order valence-corrected chi connectivity index (χ4v) is 3.00. The molecule has 0 bridgehead atoms. The molecule has 0 atom stereocenters. The Bertz CT molecular complexity index is 856. The standard InChI is InChI=1S/C18H16ClN3O3S/c19-15-7-5-13(6-8-15)17-4-2-1-3-14(17)9-22(24)18(23)21-25-10-16-11-26-12-20-16/h1-8,11-12,24H,9-10H2,(H,21,23). The molecule has 2 N–H and O–H groups in total. The zero-order valence-electron chi connectivity index (χ0n) is 13.6. The summed E-state index contributed by atoms with van der Waals surface area (Å²) < 4.78 is 0. The minimum absolute atomic E-state index is 0.00466. The molecule has 0 spiro atoms. The Kier molecular flexibility index (Phi) is 6.19. The number of thiazole rings is 1. The first kappa shape index (κ1) is 18.3. The minimum Gasteiger partial charge on any atom is -0.284 e. The van der Waals surface area contributed by atoms with Crippen molar-refractivity contribution in [2.24, 2.45) is 0 Å². The van der Waals surface area contributed by atoms with Gasteiger partial charge in [0.2, 0.25) is 0 Å². The zero-order chi connectivity index (χ0) is 18.4. The summed E-state index contributed by atoms with van der Waals surface area (Å²) in [5, 5.41) is 13.1. The van der Waals surface area contributed by atoms with E-state index in [0.29, 0.717) is 15.8 Å². The lowest BCUT2D eigenvalue weighted by molar-refractivity contribution is -0.0737. The number of carbonyl (C=O) groups is 1. The van der Waals surface area contributed by atoms with Crippen molar-refractivity contribution >= 4 is 29.0 Å². The molecular formula is C18H16ClN3O3S. The van der Waals surface area contributed by atoms with Crippen molar-refractivity contribution in [1.82, 2.24) is 15.5 Å². The van der Waals surface area contributed by atoms with Crippen LogP contribution in [0.4, 0.5) is 4.79 Å². The number of nitrogens with one attached hydrogen (secondary N) is 1. The Balaban J connectivity index is 1.62. The molecule has 3 aromatic rings. The molecule has 1 heterocycles. The smallest absolute Gasteiger partial charge is 0.284 e. The molecule has 0 aliphatic carbocycles. The summed E-state index contributed by atoms with van der Waals surface area (Å²) in [5.41, 5.74) is 7.20. The van der Waals surface area contributed by atoms with Gasteiger partial charge in [0.05, 0.1) is 17.7 Å². The second-order valence-corrected chi connectivity index (χ2v) is 6.55. The maximum Gasteiger partial charge on any atom is 0.365 e. The highest BCUT2D eigenvalue weighted by atomic mass is 35.5. The maximum absolute atomic E-state index is 12.0. The Hall–Kier alpha value is -2.45. The summed E-state index contributed by atoms with van der Waals surface area (Å²) in [6.45, 7) is 0.134. The number of hydroxylamine groups is 3. The van der Waals surface area contributed by atoms with Crippen LogP contribution >= 0.6 is 22.9 Å². The van der Waals surface area contributed by atoms with E-state index >= 15 is 0 Å². The molecule has 134 valence electrons. The Morgan fingerprint density at radius 2 is 2.00 bits per heavy atom. The molecule has 0 aliphatic heterocycles. The summed E-state index contributed by atoms with van der Waals surface area (Å²) in [4.78, 5) is 21.1. The van der Waals surface area contributed by atoms with E-state index in [1.54, 1.807) is 17.6 Å². The van der Waals surface area contributed by atoms with Crippen molar-refractivity contribution < 1.29 is 14.8 Å². The molecule has 6 nitrogen and oxygen atoms in total. The first-order valence-electron chi connectivity index (χ1n) is 7.72. The summed E-state index contributed by atoms with van der Waals surface area (Å²) in [6, 6.07) is 14.1. The molecule has 8 heteroatoms. The molecule has 0 fully saturated rings. The summed E-state index contributed by atoms with van der Waals surface area (Å²) in [6.07, 6.45) is 0. The maximum atomic E-state index is 12.0. The molecule has 26 heavy (non-hydrogen) atoms. The number of halogens is 1. The molecule has 0 saturated heterocycles. The number of benzene rings is 2. The third-order valence-electron chi connectivity index (χ3n) is 3.59. The van der Waals surface area contributed by atoms with Gasteiger partial charge in [0.1, 0.15) is 6.61 Å². The van der Waals surface area contributed by atoms with E-state index in [1.165, 1.54) is 11.3 Å². The molecular weight excluding hydrogens is 374 g/mol. The van der Waals surface area contributed by atoms with Gasteiger partial charge >= 0.3 is 6.03 Å². The van der Waals surface area contributed by atoms with E-state index in [9.17, 15) is 10.0 Å². The normalized spacial score (nSPS) is 10.5. The van der Waals surface area contributed by atoms with Crippen molar-refractivity contribution in [2.45, 2.75) is 13.2 Å². The Labute approximate surface area is 159 Å². The quantitative estimate of drug-likeness (QED) is 0.481. The van der Waals surface area contributed by atoms with Crippen molar-refractivity contribution in [2.75, 3.05) is 0 Å². The van der Waals surface area contributed by atoms with Crippen molar-refractivity contribution in [3.63, 3.8) is 0 Å². The lowest BCUT2D eigenvalue weighted by atomic mass is 10.00. The van der Waals surface area contributed by atoms with E-state index in [1.807, 2.05) is 41.8 Å². The van der Waals surface area contributed by atoms with Gasteiger partial charge in [-0.05, 0) is 28.8 Å². The fraction of sp³-hybridized carbons (Fsp3) is 0.111. The number of hydrogen-bond donors (Lipinski definition) is 2. The number of urea groups is 1. The number of aromatic nitrogens is 1. The second-order valence-electron chi connectivity index (χ2n) is 5.40. The predicted octanol–water partition coefficient (Wildman–Crippen LogP) is 4.50. The number of amides is 2. The van der Waals surface area contributed by atoms with E-state index in [-0.39, 0.29) is 13.2 Å². The van der Waals surface area contributed by atoms with Crippen molar-refractivity contribution in [1.29, 1.82) is 0 Å². The van der Waals surface area contributed by atoms with Crippen molar-refractivity contribution in [3.8, 4) is 11.1 Å².